The van der Waals surface area contributed by atoms with Gasteiger partial charge < -0.3 is 15.2 Å². The molecule has 6 heteroatoms. The van der Waals surface area contributed by atoms with Crippen molar-refractivity contribution in [3.63, 3.8) is 0 Å². The number of aromatic carboxylic acids is 1. The molecule has 0 radical (unpaired) electrons. The fourth-order valence-electron chi connectivity index (χ4n) is 4.45. The highest BCUT2D eigenvalue weighted by Crippen LogP contribution is 2.20. The van der Waals surface area contributed by atoms with Crippen LogP contribution in [0.25, 0.3) is 0 Å². The van der Waals surface area contributed by atoms with E-state index in [0.717, 1.165) is 42.7 Å². The lowest BCUT2D eigenvalue weighted by Crippen LogP contribution is -2.27. The Labute approximate surface area is 229 Å². The normalized spacial score (nSPS) is 11.5. The van der Waals surface area contributed by atoms with Gasteiger partial charge in [0.15, 0.2) is 0 Å². The number of carboxylic acids is 1. The average Bonchev–Trinajstić information content (AvgIpc) is 2.96. The first-order chi connectivity index (χ1) is 19.1. The summed E-state index contributed by atoms with van der Waals surface area (Å²) in [5.74, 6) is -0.785. The third kappa shape index (κ3) is 9.11. The summed E-state index contributed by atoms with van der Waals surface area (Å²) in [5, 5.41) is 12.2. The highest BCUT2D eigenvalue weighted by atomic mass is 16.5. The number of rotatable bonds is 14. The van der Waals surface area contributed by atoms with Crippen molar-refractivity contribution in [3.8, 4) is 5.75 Å². The molecule has 2 N–H and O–H groups in total. The quantitative estimate of drug-likeness (QED) is 0.182. The summed E-state index contributed by atoms with van der Waals surface area (Å²) in [6.45, 7) is 0.675. The minimum Gasteiger partial charge on any atom is -0.494 e. The number of carboxylic acid groups (broad SMARTS) is 1. The molecule has 0 aliphatic rings. The number of hydrogen-bond acceptors (Lipinski definition) is 4. The number of carbonyl (C=O) groups excluding carboxylic acids is 1. The van der Waals surface area contributed by atoms with Crippen molar-refractivity contribution in [2.45, 2.75) is 38.5 Å². The molecule has 1 unspecified atom stereocenters. The number of benzene rings is 3. The topological polar surface area (TPSA) is 88.5 Å². The van der Waals surface area contributed by atoms with Crippen molar-refractivity contribution < 1.29 is 19.4 Å². The molecule has 0 bridgehead atoms. The summed E-state index contributed by atoms with van der Waals surface area (Å²) in [6, 6.07) is 30.3. The van der Waals surface area contributed by atoms with Crippen molar-refractivity contribution in [3.05, 3.63) is 126 Å². The summed E-state index contributed by atoms with van der Waals surface area (Å²) in [4.78, 5) is 29.0. The first-order valence-corrected chi connectivity index (χ1v) is 13.4. The van der Waals surface area contributed by atoms with Crippen molar-refractivity contribution >= 4 is 17.6 Å². The van der Waals surface area contributed by atoms with Gasteiger partial charge >= 0.3 is 5.97 Å². The van der Waals surface area contributed by atoms with E-state index in [4.69, 9.17) is 4.74 Å². The van der Waals surface area contributed by atoms with Crippen LogP contribution in [0.3, 0.4) is 0 Å². The molecule has 39 heavy (non-hydrogen) atoms. The number of anilines is 1. The van der Waals surface area contributed by atoms with Crippen LogP contribution in [-0.4, -0.2) is 28.6 Å². The zero-order valence-electron chi connectivity index (χ0n) is 22.0. The first-order valence-electron chi connectivity index (χ1n) is 13.4. The predicted octanol–water partition coefficient (Wildman–Crippen LogP) is 6.61. The summed E-state index contributed by atoms with van der Waals surface area (Å²) in [6.07, 6.45) is 7.05. The average molecular weight is 523 g/mol. The maximum Gasteiger partial charge on any atom is 0.335 e. The van der Waals surface area contributed by atoms with Crippen LogP contribution in [0.1, 0.15) is 46.4 Å². The number of pyridine rings is 1. The van der Waals surface area contributed by atoms with Crippen molar-refractivity contribution in [1.29, 1.82) is 0 Å². The highest BCUT2D eigenvalue weighted by molar-refractivity contribution is 5.95. The lowest BCUT2D eigenvalue weighted by atomic mass is 9.93. The summed E-state index contributed by atoms with van der Waals surface area (Å²) in [5.41, 5.74) is 3.79. The van der Waals surface area contributed by atoms with E-state index in [1.807, 2.05) is 48.5 Å². The Bertz CT molecular complexity index is 1320. The third-order valence-corrected chi connectivity index (χ3v) is 6.56. The van der Waals surface area contributed by atoms with Gasteiger partial charge in [0.2, 0.25) is 5.91 Å². The van der Waals surface area contributed by atoms with Crippen molar-refractivity contribution in [2.75, 3.05) is 11.9 Å². The Morgan fingerprint density at radius 2 is 1.59 bits per heavy atom. The molecule has 0 saturated heterocycles. The second-order valence-electron chi connectivity index (χ2n) is 9.59. The van der Waals surface area contributed by atoms with Crippen LogP contribution in [0.5, 0.6) is 5.75 Å². The summed E-state index contributed by atoms with van der Waals surface area (Å²) in [7, 11) is 0. The minimum absolute atomic E-state index is 0.126. The Balaban J connectivity index is 1.31. The van der Waals surface area contributed by atoms with Crippen LogP contribution in [0.2, 0.25) is 0 Å². The Morgan fingerprint density at radius 1 is 0.795 bits per heavy atom. The molecule has 4 rings (SSSR count). The number of aromatic nitrogens is 1. The van der Waals surface area contributed by atoms with E-state index in [1.165, 1.54) is 17.7 Å². The molecule has 1 heterocycles. The third-order valence-electron chi connectivity index (χ3n) is 6.56. The Morgan fingerprint density at radius 3 is 2.33 bits per heavy atom. The lowest BCUT2D eigenvalue weighted by molar-refractivity contribution is -0.119. The number of carbonyl (C=O) groups is 2. The molecule has 0 aliphatic carbocycles. The zero-order chi connectivity index (χ0) is 27.3. The van der Waals surface area contributed by atoms with Gasteiger partial charge in [0.1, 0.15) is 5.75 Å². The number of ether oxygens (including phenoxy) is 1. The summed E-state index contributed by atoms with van der Waals surface area (Å²) < 4.78 is 5.93. The van der Waals surface area contributed by atoms with E-state index < -0.39 is 5.97 Å². The van der Waals surface area contributed by atoms with Crippen molar-refractivity contribution in [1.82, 2.24) is 4.98 Å². The van der Waals surface area contributed by atoms with Crippen LogP contribution < -0.4 is 10.1 Å². The molecule has 1 atom stereocenters. The van der Waals surface area contributed by atoms with Gasteiger partial charge in [-0.05, 0) is 85.7 Å². The Kier molecular flexibility index (Phi) is 10.2. The van der Waals surface area contributed by atoms with Gasteiger partial charge in [0, 0.05) is 29.9 Å². The van der Waals surface area contributed by atoms with Crippen molar-refractivity contribution in [2.24, 2.45) is 5.92 Å². The number of nitrogens with zero attached hydrogens (tertiary/aromatic N) is 1. The molecular weight excluding hydrogens is 488 g/mol. The summed E-state index contributed by atoms with van der Waals surface area (Å²) >= 11 is 0. The molecule has 1 amide bonds. The van der Waals surface area contributed by atoms with Gasteiger partial charge in [-0.2, -0.15) is 0 Å². The zero-order valence-corrected chi connectivity index (χ0v) is 22.0. The van der Waals surface area contributed by atoms with Crippen LogP contribution in [-0.2, 0) is 24.1 Å². The molecule has 0 fully saturated rings. The van der Waals surface area contributed by atoms with Gasteiger partial charge in [-0.25, -0.2) is 4.79 Å². The van der Waals surface area contributed by atoms with Gasteiger partial charge in [-0.1, -0.05) is 54.6 Å². The molecule has 1 aromatic heterocycles. The van der Waals surface area contributed by atoms with E-state index in [1.54, 1.807) is 18.3 Å². The molecule has 3 aromatic carbocycles. The molecule has 4 aromatic rings. The molecule has 0 aliphatic heterocycles. The minimum atomic E-state index is -1.04. The highest BCUT2D eigenvalue weighted by Gasteiger charge is 2.21. The van der Waals surface area contributed by atoms with Crippen LogP contribution in [0.4, 0.5) is 5.69 Å². The van der Waals surface area contributed by atoms with Gasteiger partial charge in [-0.15, -0.1) is 0 Å². The maximum atomic E-state index is 13.3. The van der Waals surface area contributed by atoms with Gasteiger partial charge in [-0.3, -0.25) is 9.78 Å². The molecule has 0 saturated carbocycles. The van der Waals surface area contributed by atoms with Crippen LogP contribution in [0, 0.1) is 5.92 Å². The molecule has 200 valence electrons. The SMILES string of the molecule is O=C(O)c1cccc(NC(=O)C(Cc2ccc(OCCCCCc3ccccc3)cc2)Cc2ccccn2)c1. The van der Waals surface area contributed by atoms with E-state index in [2.05, 4.69) is 34.6 Å². The molecule has 6 nitrogen and oxygen atoms in total. The fourth-order valence-corrected chi connectivity index (χ4v) is 4.45. The predicted molar refractivity (Wildman–Crippen MR) is 153 cm³/mol. The van der Waals surface area contributed by atoms with Gasteiger partial charge in [0.25, 0.3) is 0 Å². The van der Waals surface area contributed by atoms with E-state index in [9.17, 15) is 14.7 Å². The van der Waals surface area contributed by atoms with Crippen LogP contribution in [0.15, 0.2) is 103 Å². The number of hydrogen-bond donors (Lipinski definition) is 2. The first kappa shape index (κ1) is 27.6. The fraction of sp³-hybridized carbons (Fsp3) is 0.242. The maximum absolute atomic E-state index is 13.3. The van der Waals surface area contributed by atoms with E-state index in [-0.39, 0.29) is 17.4 Å². The standard InChI is InChI=1S/C33H34N2O4/c36-32(35-30-15-9-13-27(23-30)33(37)38)28(24-29-14-6-7-20-34-29)22-26-16-18-31(19-17-26)39-21-8-2-5-12-25-10-3-1-4-11-25/h1,3-4,6-7,9-11,13-20,23,28H,2,5,8,12,21-22,24H2,(H,35,36)(H,37,38). The number of nitrogens with one attached hydrogen (secondary N) is 1. The van der Waals surface area contributed by atoms with Crippen LogP contribution >= 0.6 is 0 Å². The molecular formula is C33H34N2O4. The number of aryl methyl sites for hydroxylation is 1. The number of unbranched alkanes of at least 4 members (excludes halogenated alkanes) is 2. The van der Waals surface area contributed by atoms with Gasteiger partial charge in [0.05, 0.1) is 12.2 Å². The van der Waals surface area contributed by atoms with E-state index >= 15 is 0 Å². The Hall–Kier alpha value is -4.45. The van der Waals surface area contributed by atoms with E-state index in [0.29, 0.717) is 25.1 Å². The second-order valence-corrected chi connectivity index (χ2v) is 9.59. The smallest absolute Gasteiger partial charge is 0.335 e. The molecule has 0 spiro atoms. The monoisotopic (exact) mass is 522 g/mol. The lowest BCUT2D eigenvalue weighted by Gasteiger charge is -2.17. The largest absolute Gasteiger partial charge is 0.494 e. The number of amides is 1. The second kappa shape index (κ2) is 14.5.